The van der Waals surface area contributed by atoms with Crippen molar-refractivity contribution in [2.75, 3.05) is 7.11 Å². The predicted octanol–water partition coefficient (Wildman–Crippen LogP) is 5.20. The van der Waals surface area contributed by atoms with E-state index in [-0.39, 0.29) is 5.78 Å². The minimum Gasteiger partial charge on any atom is -0.493 e. The van der Waals surface area contributed by atoms with Gasteiger partial charge in [-0.05, 0) is 48.4 Å². The average Bonchev–Trinajstić information content (AvgIpc) is 3.02. The van der Waals surface area contributed by atoms with E-state index in [9.17, 15) is 4.79 Å². The number of hydrogen-bond acceptors (Lipinski definition) is 4. The van der Waals surface area contributed by atoms with E-state index in [0.29, 0.717) is 35.2 Å². The van der Waals surface area contributed by atoms with Gasteiger partial charge >= 0.3 is 0 Å². The molecule has 0 aromatic heterocycles. The molecule has 0 amide bonds. The normalized spacial score (nSPS) is 13.9. The lowest BCUT2D eigenvalue weighted by Gasteiger charge is -2.11. The molecule has 0 bridgehead atoms. The third-order valence-electron chi connectivity index (χ3n) is 4.55. The van der Waals surface area contributed by atoms with Crippen LogP contribution in [0.4, 0.5) is 0 Å². The van der Waals surface area contributed by atoms with Crippen LogP contribution in [-0.2, 0) is 6.61 Å². The summed E-state index contributed by atoms with van der Waals surface area (Å²) in [7, 11) is 1.59. The highest BCUT2D eigenvalue weighted by Gasteiger charge is 2.27. The maximum absolute atomic E-state index is 12.6. The second-order valence-corrected chi connectivity index (χ2v) is 6.62. The fourth-order valence-electron chi connectivity index (χ4n) is 3.08. The number of Topliss-reactive ketones (excluding diaryl/α,β-unsaturated/α-hetero) is 1. The number of methoxy groups -OCH3 is 1. The van der Waals surface area contributed by atoms with Gasteiger partial charge in [-0.1, -0.05) is 48.0 Å². The number of rotatable bonds is 5. The van der Waals surface area contributed by atoms with E-state index in [1.165, 1.54) is 0 Å². The quantitative estimate of drug-likeness (QED) is 0.578. The first kappa shape index (κ1) is 17.9. The summed E-state index contributed by atoms with van der Waals surface area (Å²) in [6.45, 7) is 2.40. The van der Waals surface area contributed by atoms with E-state index in [1.54, 1.807) is 13.2 Å². The van der Waals surface area contributed by atoms with E-state index in [0.717, 1.165) is 16.7 Å². The first-order chi connectivity index (χ1) is 13.6. The van der Waals surface area contributed by atoms with Gasteiger partial charge in [-0.3, -0.25) is 4.79 Å². The standard InChI is InChI=1S/C24H20O4/c1-16-8-10-20-19(12-16)24(25)23(28-20)14-18-9-11-21(22(13-18)26-2)27-15-17-6-4-3-5-7-17/h3-14H,15H2,1-2H3/b23-14-. The van der Waals surface area contributed by atoms with Gasteiger partial charge in [0, 0.05) is 0 Å². The van der Waals surface area contributed by atoms with Crippen molar-refractivity contribution < 1.29 is 19.0 Å². The summed E-state index contributed by atoms with van der Waals surface area (Å²) in [6, 6.07) is 21.1. The fourth-order valence-corrected chi connectivity index (χ4v) is 3.08. The molecule has 1 heterocycles. The summed E-state index contributed by atoms with van der Waals surface area (Å²) >= 11 is 0. The maximum atomic E-state index is 12.6. The predicted molar refractivity (Wildman–Crippen MR) is 108 cm³/mol. The highest BCUT2D eigenvalue weighted by Crippen LogP contribution is 2.34. The number of benzene rings is 3. The monoisotopic (exact) mass is 372 g/mol. The minimum absolute atomic E-state index is 0.109. The molecular formula is C24H20O4. The number of aryl methyl sites for hydroxylation is 1. The van der Waals surface area contributed by atoms with Gasteiger partial charge in [0.05, 0.1) is 12.7 Å². The summed E-state index contributed by atoms with van der Waals surface area (Å²) in [6.07, 6.45) is 1.72. The van der Waals surface area contributed by atoms with Gasteiger partial charge in [-0.2, -0.15) is 0 Å². The summed E-state index contributed by atoms with van der Waals surface area (Å²) in [4.78, 5) is 12.6. The number of hydrogen-bond donors (Lipinski definition) is 0. The van der Waals surface area contributed by atoms with Gasteiger partial charge in [0.25, 0.3) is 0 Å². The fraction of sp³-hybridized carbons (Fsp3) is 0.125. The van der Waals surface area contributed by atoms with E-state index < -0.39 is 0 Å². The Morgan fingerprint density at radius 2 is 1.79 bits per heavy atom. The SMILES string of the molecule is COc1cc(/C=C2\Oc3ccc(C)cc3C2=O)ccc1OCc1ccccc1. The lowest BCUT2D eigenvalue weighted by molar-refractivity contribution is 0.101. The molecule has 4 nitrogen and oxygen atoms in total. The summed E-state index contributed by atoms with van der Waals surface area (Å²) in [5.41, 5.74) is 3.50. The van der Waals surface area contributed by atoms with Crippen molar-refractivity contribution in [2.24, 2.45) is 0 Å². The van der Waals surface area contributed by atoms with Crippen LogP contribution in [0.3, 0.4) is 0 Å². The molecule has 0 saturated carbocycles. The molecule has 28 heavy (non-hydrogen) atoms. The Kier molecular flexibility index (Phi) is 4.85. The van der Waals surface area contributed by atoms with E-state index >= 15 is 0 Å². The molecule has 4 rings (SSSR count). The maximum Gasteiger partial charge on any atom is 0.231 e. The van der Waals surface area contributed by atoms with Crippen molar-refractivity contribution in [1.82, 2.24) is 0 Å². The Morgan fingerprint density at radius 3 is 2.57 bits per heavy atom. The van der Waals surface area contributed by atoms with Crippen molar-refractivity contribution in [3.63, 3.8) is 0 Å². The van der Waals surface area contributed by atoms with Gasteiger partial charge in [-0.25, -0.2) is 0 Å². The molecule has 0 spiro atoms. The zero-order valence-electron chi connectivity index (χ0n) is 15.8. The molecule has 3 aromatic carbocycles. The molecule has 0 N–H and O–H groups in total. The van der Waals surface area contributed by atoms with Crippen LogP contribution in [0.5, 0.6) is 17.2 Å². The van der Waals surface area contributed by atoms with Crippen molar-refractivity contribution in [2.45, 2.75) is 13.5 Å². The molecule has 140 valence electrons. The molecular weight excluding hydrogens is 352 g/mol. The molecule has 0 aliphatic carbocycles. The van der Waals surface area contributed by atoms with Gasteiger partial charge in [0.2, 0.25) is 5.78 Å². The van der Waals surface area contributed by atoms with Crippen LogP contribution >= 0.6 is 0 Å². The van der Waals surface area contributed by atoms with Crippen molar-refractivity contribution in [3.05, 3.63) is 94.7 Å². The van der Waals surface area contributed by atoms with E-state index in [2.05, 4.69) is 0 Å². The van der Waals surface area contributed by atoms with E-state index in [4.69, 9.17) is 14.2 Å². The Bertz CT molecular complexity index is 1050. The van der Waals surface area contributed by atoms with Crippen LogP contribution in [-0.4, -0.2) is 12.9 Å². The molecule has 0 unspecified atom stereocenters. The Morgan fingerprint density at radius 1 is 0.964 bits per heavy atom. The van der Waals surface area contributed by atoms with Gasteiger partial charge in [0.15, 0.2) is 17.3 Å². The van der Waals surface area contributed by atoms with Crippen molar-refractivity contribution >= 4 is 11.9 Å². The van der Waals surface area contributed by atoms with Crippen LogP contribution in [0.15, 0.2) is 72.5 Å². The molecule has 0 saturated heterocycles. The molecule has 0 fully saturated rings. The minimum atomic E-state index is -0.109. The number of ether oxygens (including phenoxy) is 3. The number of carbonyl (C=O) groups is 1. The van der Waals surface area contributed by atoms with Crippen LogP contribution in [0.2, 0.25) is 0 Å². The third kappa shape index (κ3) is 3.62. The molecule has 4 heteroatoms. The zero-order valence-corrected chi connectivity index (χ0v) is 15.8. The topological polar surface area (TPSA) is 44.8 Å². The zero-order chi connectivity index (χ0) is 19.5. The molecule has 1 aliphatic rings. The third-order valence-corrected chi connectivity index (χ3v) is 4.55. The second kappa shape index (κ2) is 7.61. The lowest BCUT2D eigenvalue weighted by Crippen LogP contribution is -1.99. The van der Waals surface area contributed by atoms with Crippen molar-refractivity contribution in [3.8, 4) is 17.2 Å². The first-order valence-corrected chi connectivity index (χ1v) is 9.04. The number of fused-ring (bicyclic) bond motifs is 1. The number of carbonyl (C=O) groups excluding carboxylic acids is 1. The van der Waals surface area contributed by atoms with Gasteiger partial charge < -0.3 is 14.2 Å². The highest BCUT2D eigenvalue weighted by molar-refractivity contribution is 6.14. The van der Waals surface area contributed by atoms with Crippen LogP contribution < -0.4 is 14.2 Å². The molecule has 0 radical (unpaired) electrons. The number of ketones is 1. The van der Waals surface area contributed by atoms with Crippen LogP contribution in [0, 0.1) is 6.92 Å². The lowest BCUT2D eigenvalue weighted by atomic mass is 10.1. The first-order valence-electron chi connectivity index (χ1n) is 9.04. The molecule has 1 aliphatic heterocycles. The highest BCUT2D eigenvalue weighted by atomic mass is 16.5. The Balaban J connectivity index is 1.55. The molecule has 3 aromatic rings. The second-order valence-electron chi connectivity index (χ2n) is 6.62. The average molecular weight is 372 g/mol. The number of allylic oxidation sites excluding steroid dienone is 1. The van der Waals surface area contributed by atoms with Crippen molar-refractivity contribution in [1.29, 1.82) is 0 Å². The molecule has 0 atom stereocenters. The summed E-state index contributed by atoms with van der Waals surface area (Å²) in [5, 5.41) is 0. The van der Waals surface area contributed by atoms with Gasteiger partial charge in [0.1, 0.15) is 12.4 Å². The smallest absolute Gasteiger partial charge is 0.231 e. The largest absolute Gasteiger partial charge is 0.493 e. The Hall–Kier alpha value is -3.53. The van der Waals surface area contributed by atoms with Crippen LogP contribution in [0.1, 0.15) is 27.0 Å². The summed E-state index contributed by atoms with van der Waals surface area (Å²) < 4.78 is 17.1. The summed E-state index contributed by atoms with van der Waals surface area (Å²) in [5.74, 6) is 2.04. The van der Waals surface area contributed by atoms with Crippen LogP contribution in [0.25, 0.3) is 6.08 Å². The van der Waals surface area contributed by atoms with Gasteiger partial charge in [-0.15, -0.1) is 0 Å². The Labute approximate surface area is 164 Å². The van der Waals surface area contributed by atoms with E-state index in [1.807, 2.05) is 73.7 Å².